The third kappa shape index (κ3) is 3.28. The van der Waals surface area contributed by atoms with E-state index < -0.39 is 17.4 Å². The number of hydrogen-bond donors (Lipinski definition) is 1. The number of amides is 1. The highest BCUT2D eigenvalue weighted by atomic mass is 16.5. The Morgan fingerprint density at radius 3 is 2.68 bits per heavy atom. The lowest BCUT2D eigenvalue weighted by molar-refractivity contribution is -0.152. The number of carbonyl (C=O) groups is 2. The summed E-state index contributed by atoms with van der Waals surface area (Å²) >= 11 is 0. The van der Waals surface area contributed by atoms with Gasteiger partial charge in [-0.15, -0.1) is 0 Å². The van der Waals surface area contributed by atoms with Crippen LogP contribution in [0, 0.1) is 17.2 Å². The zero-order valence-corrected chi connectivity index (χ0v) is 12.9. The quantitative estimate of drug-likeness (QED) is 0.645. The molecular formula is C17H20N2O3. The minimum atomic E-state index is -0.781. The molecule has 0 spiro atoms. The van der Waals surface area contributed by atoms with Gasteiger partial charge in [-0.05, 0) is 43.9 Å². The first-order valence-corrected chi connectivity index (χ1v) is 7.55. The van der Waals surface area contributed by atoms with Crippen LogP contribution in [0.4, 0.5) is 0 Å². The Labute approximate surface area is 130 Å². The summed E-state index contributed by atoms with van der Waals surface area (Å²) in [5.74, 6) is -1.57. The fraction of sp³-hybridized carbons (Fsp3) is 0.471. The Morgan fingerprint density at radius 2 is 2.14 bits per heavy atom. The number of nitrogens with zero attached hydrogens (tertiary/aromatic N) is 1. The highest BCUT2D eigenvalue weighted by Crippen LogP contribution is 2.45. The molecule has 0 heterocycles. The van der Waals surface area contributed by atoms with Crippen molar-refractivity contribution in [3.63, 3.8) is 0 Å². The molecule has 1 amide bonds. The molecule has 1 aromatic rings. The van der Waals surface area contributed by atoms with Crippen LogP contribution in [0.25, 0.3) is 0 Å². The molecule has 2 rings (SSSR count). The molecule has 1 fully saturated rings. The standard InChI is InChI=1S/C17H20N2O3/c1-3-14(16(21)22-4-2)15(20)19-17(8-9-17)13-7-5-6-12(10-13)11-18/h5-7,10,14H,3-4,8-9H2,1-2H3,(H,19,20). The number of benzene rings is 1. The first-order valence-electron chi connectivity index (χ1n) is 7.55. The van der Waals surface area contributed by atoms with E-state index in [1.54, 1.807) is 26.0 Å². The van der Waals surface area contributed by atoms with Crippen molar-refractivity contribution in [2.45, 2.75) is 38.6 Å². The molecule has 5 heteroatoms. The van der Waals surface area contributed by atoms with Crippen molar-refractivity contribution in [1.82, 2.24) is 5.32 Å². The summed E-state index contributed by atoms with van der Waals surface area (Å²) in [6.45, 7) is 3.77. The highest BCUT2D eigenvalue weighted by Gasteiger charge is 2.47. The molecule has 1 N–H and O–H groups in total. The topological polar surface area (TPSA) is 79.2 Å². The largest absolute Gasteiger partial charge is 0.465 e. The van der Waals surface area contributed by atoms with Crippen LogP contribution in [0.5, 0.6) is 0 Å². The molecule has 1 unspecified atom stereocenters. The third-order valence-corrected chi connectivity index (χ3v) is 3.95. The minimum absolute atomic E-state index is 0.262. The SMILES string of the molecule is CCOC(=O)C(CC)C(=O)NC1(c2cccc(C#N)c2)CC1. The first kappa shape index (κ1) is 16.0. The number of esters is 1. The second kappa shape index (κ2) is 6.61. The Kier molecular flexibility index (Phi) is 4.81. The van der Waals surface area contributed by atoms with E-state index in [1.165, 1.54) is 0 Å². The van der Waals surface area contributed by atoms with E-state index >= 15 is 0 Å². The Hall–Kier alpha value is -2.35. The third-order valence-electron chi connectivity index (χ3n) is 3.95. The molecule has 5 nitrogen and oxygen atoms in total. The molecule has 1 aromatic carbocycles. The maximum Gasteiger partial charge on any atom is 0.318 e. The van der Waals surface area contributed by atoms with E-state index in [2.05, 4.69) is 11.4 Å². The summed E-state index contributed by atoms with van der Waals surface area (Å²) in [7, 11) is 0. The molecule has 0 bridgehead atoms. The van der Waals surface area contributed by atoms with Crippen LogP contribution < -0.4 is 5.32 Å². The fourth-order valence-corrected chi connectivity index (χ4v) is 2.52. The molecule has 0 aliphatic heterocycles. The van der Waals surface area contributed by atoms with Crippen molar-refractivity contribution in [1.29, 1.82) is 5.26 Å². The zero-order valence-electron chi connectivity index (χ0n) is 12.9. The van der Waals surface area contributed by atoms with E-state index in [0.717, 1.165) is 18.4 Å². The van der Waals surface area contributed by atoms with Crippen LogP contribution in [0.2, 0.25) is 0 Å². The molecule has 0 radical (unpaired) electrons. The number of nitriles is 1. The van der Waals surface area contributed by atoms with Gasteiger partial charge in [-0.25, -0.2) is 0 Å². The monoisotopic (exact) mass is 300 g/mol. The van der Waals surface area contributed by atoms with Gasteiger partial charge < -0.3 is 10.1 Å². The van der Waals surface area contributed by atoms with Gasteiger partial charge >= 0.3 is 5.97 Å². The van der Waals surface area contributed by atoms with Gasteiger partial charge in [-0.2, -0.15) is 5.26 Å². The maximum atomic E-state index is 12.4. The van der Waals surface area contributed by atoms with Gasteiger partial charge in [0.1, 0.15) is 5.92 Å². The molecule has 0 aromatic heterocycles. The summed E-state index contributed by atoms with van der Waals surface area (Å²) in [5, 5.41) is 12.0. The average Bonchev–Trinajstić information content (AvgIpc) is 3.29. The number of carbonyl (C=O) groups excluding carboxylic acids is 2. The van der Waals surface area contributed by atoms with Crippen LogP contribution in [-0.2, 0) is 19.9 Å². The van der Waals surface area contributed by atoms with Crippen molar-refractivity contribution in [2.75, 3.05) is 6.61 Å². The van der Waals surface area contributed by atoms with E-state index in [0.29, 0.717) is 12.0 Å². The summed E-state index contributed by atoms with van der Waals surface area (Å²) < 4.78 is 4.95. The van der Waals surface area contributed by atoms with E-state index in [9.17, 15) is 9.59 Å². The number of ether oxygens (including phenoxy) is 1. The van der Waals surface area contributed by atoms with Crippen molar-refractivity contribution < 1.29 is 14.3 Å². The second-order valence-corrected chi connectivity index (χ2v) is 5.48. The van der Waals surface area contributed by atoms with E-state index in [-0.39, 0.29) is 12.5 Å². The Morgan fingerprint density at radius 1 is 1.41 bits per heavy atom. The smallest absolute Gasteiger partial charge is 0.318 e. The van der Waals surface area contributed by atoms with Crippen LogP contribution >= 0.6 is 0 Å². The lowest BCUT2D eigenvalue weighted by atomic mass is 10.00. The Bertz CT molecular complexity index is 615. The summed E-state index contributed by atoms with van der Waals surface area (Å²) in [6.07, 6.45) is 2.03. The van der Waals surface area contributed by atoms with Crippen molar-refractivity contribution >= 4 is 11.9 Å². The second-order valence-electron chi connectivity index (χ2n) is 5.48. The van der Waals surface area contributed by atoms with Gasteiger partial charge in [0.05, 0.1) is 23.8 Å². The van der Waals surface area contributed by atoms with Crippen molar-refractivity contribution in [3.05, 3.63) is 35.4 Å². The number of rotatable bonds is 6. The number of nitrogens with one attached hydrogen (secondary N) is 1. The molecule has 1 saturated carbocycles. The minimum Gasteiger partial charge on any atom is -0.465 e. The van der Waals surface area contributed by atoms with Crippen molar-refractivity contribution in [3.8, 4) is 6.07 Å². The van der Waals surface area contributed by atoms with Crippen LogP contribution in [0.1, 0.15) is 44.2 Å². The molecule has 0 saturated heterocycles. The van der Waals surface area contributed by atoms with E-state index in [1.807, 2.05) is 12.1 Å². The van der Waals surface area contributed by atoms with Gasteiger partial charge in [-0.1, -0.05) is 19.1 Å². The predicted molar refractivity (Wildman–Crippen MR) is 80.6 cm³/mol. The normalized spacial score (nSPS) is 16.2. The summed E-state index contributed by atoms with van der Waals surface area (Å²) in [6, 6.07) is 9.33. The van der Waals surface area contributed by atoms with Crippen LogP contribution in [-0.4, -0.2) is 18.5 Å². The van der Waals surface area contributed by atoms with E-state index in [4.69, 9.17) is 10.00 Å². The fourth-order valence-electron chi connectivity index (χ4n) is 2.52. The molecule has 1 aliphatic rings. The van der Waals surface area contributed by atoms with Crippen molar-refractivity contribution in [2.24, 2.45) is 5.92 Å². The first-order chi connectivity index (χ1) is 10.6. The van der Waals surface area contributed by atoms with Gasteiger partial charge in [0, 0.05) is 0 Å². The lowest BCUT2D eigenvalue weighted by Gasteiger charge is -2.21. The molecule has 22 heavy (non-hydrogen) atoms. The predicted octanol–water partition coefficient (Wildman–Crippen LogP) is 2.25. The van der Waals surface area contributed by atoms with Crippen LogP contribution in [0.15, 0.2) is 24.3 Å². The zero-order chi connectivity index (χ0) is 16.2. The van der Waals surface area contributed by atoms with Gasteiger partial charge in [0.2, 0.25) is 5.91 Å². The average molecular weight is 300 g/mol. The van der Waals surface area contributed by atoms with Gasteiger partial charge in [0.25, 0.3) is 0 Å². The molecular weight excluding hydrogens is 280 g/mol. The molecule has 116 valence electrons. The lowest BCUT2D eigenvalue weighted by Crippen LogP contribution is -2.42. The summed E-state index contributed by atoms with van der Waals surface area (Å²) in [4.78, 5) is 24.2. The Balaban J connectivity index is 2.13. The molecule has 1 aliphatic carbocycles. The highest BCUT2D eigenvalue weighted by molar-refractivity contribution is 5.98. The van der Waals surface area contributed by atoms with Crippen LogP contribution in [0.3, 0.4) is 0 Å². The number of hydrogen-bond acceptors (Lipinski definition) is 4. The maximum absolute atomic E-state index is 12.4. The van der Waals surface area contributed by atoms with Gasteiger partial charge in [-0.3, -0.25) is 9.59 Å². The summed E-state index contributed by atoms with van der Waals surface area (Å²) in [5.41, 5.74) is 1.04. The molecule has 1 atom stereocenters. The van der Waals surface area contributed by atoms with Gasteiger partial charge in [0.15, 0.2) is 0 Å².